The van der Waals surface area contributed by atoms with Gasteiger partial charge in [-0.15, -0.1) is 0 Å². The summed E-state index contributed by atoms with van der Waals surface area (Å²) in [6.45, 7) is 1.74. The lowest BCUT2D eigenvalue weighted by molar-refractivity contribution is -0.113. The van der Waals surface area contributed by atoms with Crippen LogP contribution in [0.15, 0.2) is 53.7 Å². The Morgan fingerprint density at radius 1 is 1.11 bits per heavy atom. The number of allylic oxidation sites excluding steroid dienone is 1. The van der Waals surface area contributed by atoms with Crippen molar-refractivity contribution in [2.24, 2.45) is 0 Å². The van der Waals surface area contributed by atoms with E-state index in [2.05, 4.69) is 16.0 Å². The van der Waals surface area contributed by atoms with Gasteiger partial charge in [-0.05, 0) is 49.0 Å². The number of hydrogen-bond donors (Lipinski definition) is 3. The number of halogens is 2. The summed E-state index contributed by atoms with van der Waals surface area (Å²) in [5.74, 6) is -2.44. The SMILES string of the molecule is CC1=C(C(=O)Nc2ccc(F)c(F)c2)[C@H](c2ccc(N(C)C)cc2)NC(=S)N1. The summed E-state index contributed by atoms with van der Waals surface area (Å²) < 4.78 is 26.6. The largest absolute Gasteiger partial charge is 0.378 e. The number of hydrogen-bond acceptors (Lipinski definition) is 3. The van der Waals surface area contributed by atoms with E-state index in [0.717, 1.165) is 23.4 Å². The van der Waals surface area contributed by atoms with Crippen molar-refractivity contribution in [1.29, 1.82) is 0 Å². The van der Waals surface area contributed by atoms with E-state index in [1.165, 1.54) is 6.07 Å². The molecule has 3 N–H and O–H groups in total. The van der Waals surface area contributed by atoms with Crippen LogP contribution in [0, 0.1) is 11.6 Å². The molecule has 0 saturated heterocycles. The molecule has 0 spiro atoms. The van der Waals surface area contributed by atoms with E-state index in [4.69, 9.17) is 12.2 Å². The van der Waals surface area contributed by atoms with Crippen molar-refractivity contribution in [3.8, 4) is 0 Å². The molecule has 0 bridgehead atoms. The van der Waals surface area contributed by atoms with Crippen molar-refractivity contribution >= 4 is 34.6 Å². The van der Waals surface area contributed by atoms with Gasteiger partial charge in [-0.25, -0.2) is 8.78 Å². The number of carbonyl (C=O) groups excluding carboxylic acids is 1. The van der Waals surface area contributed by atoms with Crippen LogP contribution in [0.1, 0.15) is 18.5 Å². The number of nitrogens with one attached hydrogen (secondary N) is 3. The van der Waals surface area contributed by atoms with E-state index in [-0.39, 0.29) is 5.69 Å². The fraction of sp³-hybridized carbons (Fsp3) is 0.200. The zero-order valence-corrected chi connectivity index (χ0v) is 16.5. The molecular formula is C20H20F2N4OS. The van der Waals surface area contributed by atoms with Crippen LogP contribution >= 0.6 is 12.2 Å². The number of carbonyl (C=O) groups is 1. The van der Waals surface area contributed by atoms with Gasteiger partial charge in [0.15, 0.2) is 16.7 Å². The van der Waals surface area contributed by atoms with Crippen molar-refractivity contribution in [2.45, 2.75) is 13.0 Å². The standard InChI is InChI=1S/C20H20F2N4OS/c1-11-17(19(27)24-13-6-9-15(21)16(22)10-13)18(25-20(28)23-11)12-4-7-14(8-5-12)26(2)3/h4-10,18H,1-3H3,(H,24,27)(H2,23,25,28)/t18-/m0/s1. The third-order valence-corrected chi connectivity index (χ3v) is 4.65. The number of nitrogens with zero attached hydrogens (tertiary/aromatic N) is 1. The van der Waals surface area contributed by atoms with Crippen molar-refractivity contribution in [3.63, 3.8) is 0 Å². The van der Waals surface area contributed by atoms with Gasteiger partial charge in [0.1, 0.15) is 0 Å². The summed E-state index contributed by atoms with van der Waals surface area (Å²) in [7, 11) is 3.88. The number of amides is 1. The van der Waals surface area contributed by atoms with Gasteiger partial charge >= 0.3 is 0 Å². The first-order valence-electron chi connectivity index (χ1n) is 8.58. The third kappa shape index (κ3) is 4.12. The maximum atomic E-state index is 13.5. The summed E-state index contributed by atoms with van der Waals surface area (Å²) in [6, 6.07) is 10.5. The molecule has 0 fully saturated rings. The van der Waals surface area contributed by atoms with Gasteiger partial charge in [-0.1, -0.05) is 12.1 Å². The first-order chi connectivity index (χ1) is 13.3. The maximum Gasteiger partial charge on any atom is 0.255 e. The average Bonchev–Trinajstić information content (AvgIpc) is 2.64. The minimum absolute atomic E-state index is 0.166. The minimum atomic E-state index is -1.03. The van der Waals surface area contributed by atoms with Gasteiger partial charge in [0.25, 0.3) is 5.91 Å². The predicted octanol–water partition coefficient (Wildman–Crippen LogP) is 3.46. The Balaban J connectivity index is 1.92. The van der Waals surface area contributed by atoms with Crippen LogP contribution in [0.2, 0.25) is 0 Å². The van der Waals surface area contributed by atoms with Crippen molar-refractivity contribution in [2.75, 3.05) is 24.3 Å². The zero-order chi connectivity index (χ0) is 20.4. The Morgan fingerprint density at radius 2 is 1.79 bits per heavy atom. The fourth-order valence-corrected chi connectivity index (χ4v) is 3.25. The average molecular weight is 402 g/mol. The molecule has 146 valence electrons. The van der Waals surface area contributed by atoms with Gasteiger partial charge in [0, 0.05) is 37.2 Å². The Hall–Kier alpha value is -3.00. The summed E-state index contributed by atoms with van der Waals surface area (Å²) in [5, 5.41) is 9.07. The molecule has 0 aromatic heterocycles. The highest BCUT2D eigenvalue weighted by molar-refractivity contribution is 7.80. The number of anilines is 2. The molecule has 0 saturated carbocycles. The molecule has 0 unspecified atom stereocenters. The molecule has 1 aliphatic rings. The van der Waals surface area contributed by atoms with Crippen LogP contribution in [-0.2, 0) is 4.79 Å². The van der Waals surface area contributed by atoms with E-state index in [9.17, 15) is 13.6 Å². The number of benzene rings is 2. The molecule has 28 heavy (non-hydrogen) atoms. The van der Waals surface area contributed by atoms with Gasteiger partial charge < -0.3 is 20.9 Å². The van der Waals surface area contributed by atoms with E-state index in [1.54, 1.807) is 6.92 Å². The number of thiocarbonyl (C=S) groups is 1. The van der Waals surface area contributed by atoms with Crippen LogP contribution < -0.4 is 20.9 Å². The molecule has 1 aliphatic heterocycles. The second kappa shape index (κ2) is 7.93. The molecule has 1 atom stereocenters. The molecule has 2 aromatic carbocycles. The highest BCUT2D eigenvalue weighted by Gasteiger charge is 2.30. The lowest BCUT2D eigenvalue weighted by atomic mass is 9.94. The minimum Gasteiger partial charge on any atom is -0.378 e. The molecule has 0 aliphatic carbocycles. The highest BCUT2D eigenvalue weighted by atomic mass is 32.1. The number of rotatable bonds is 4. The Labute approximate surface area is 167 Å². The second-order valence-corrected chi connectivity index (χ2v) is 7.05. The van der Waals surface area contributed by atoms with Gasteiger partial charge in [0.2, 0.25) is 0 Å². The predicted molar refractivity (Wildman–Crippen MR) is 110 cm³/mol. The van der Waals surface area contributed by atoms with Crippen molar-refractivity contribution in [3.05, 3.63) is 70.9 Å². The smallest absolute Gasteiger partial charge is 0.255 e. The lowest BCUT2D eigenvalue weighted by Crippen LogP contribution is -2.45. The first-order valence-corrected chi connectivity index (χ1v) is 8.99. The quantitative estimate of drug-likeness (QED) is 0.684. The molecule has 1 heterocycles. The summed E-state index contributed by atoms with van der Waals surface area (Å²) in [6.07, 6.45) is 0. The van der Waals surface area contributed by atoms with Gasteiger partial charge in [0.05, 0.1) is 11.6 Å². The molecule has 0 radical (unpaired) electrons. The second-order valence-electron chi connectivity index (χ2n) is 6.64. The zero-order valence-electron chi connectivity index (χ0n) is 15.6. The topological polar surface area (TPSA) is 56.4 Å². The van der Waals surface area contributed by atoms with Gasteiger partial charge in [-0.3, -0.25) is 4.79 Å². The Morgan fingerprint density at radius 3 is 2.39 bits per heavy atom. The molecule has 2 aromatic rings. The van der Waals surface area contributed by atoms with Crippen molar-refractivity contribution < 1.29 is 13.6 Å². The Kier molecular flexibility index (Phi) is 5.60. The summed E-state index contributed by atoms with van der Waals surface area (Å²) >= 11 is 5.24. The van der Waals surface area contributed by atoms with E-state index < -0.39 is 23.6 Å². The molecule has 5 nitrogen and oxygen atoms in total. The van der Waals surface area contributed by atoms with Gasteiger partial charge in [-0.2, -0.15) is 0 Å². The molecule has 8 heteroatoms. The van der Waals surface area contributed by atoms with Crippen LogP contribution in [-0.4, -0.2) is 25.1 Å². The molecular weight excluding hydrogens is 382 g/mol. The first kappa shape index (κ1) is 19.8. The van der Waals surface area contributed by atoms with E-state index in [0.29, 0.717) is 16.4 Å². The molecule has 1 amide bonds. The van der Waals surface area contributed by atoms with Crippen LogP contribution in [0.3, 0.4) is 0 Å². The van der Waals surface area contributed by atoms with Crippen LogP contribution in [0.25, 0.3) is 0 Å². The highest BCUT2D eigenvalue weighted by Crippen LogP contribution is 2.29. The lowest BCUT2D eigenvalue weighted by Gasteiger charge is -2.30. The normalized spacial score (nSPS) is 16.3. The van der Waals surface area contributed by atoms with Crippen LogP contribution in [0.4, 0.5) is 20.2 Å². The monoisotopic (exact) mass is 402 g/mol. The van der Waals surface area contributed by atoms with Crippen molar-refractivity contribution in [1.82, 2.24) is 10.6 Å². The van der Waals surface area contributed by atoms with Crippen LogP contribution in [0.5, 0.6) is 0 Å². The molecule has 3 rings (SSSR count). The third-order valence-electron chi connectivity index (χ3n) is 4.43. The summed E-state index contributed by atoms with van der Waals surface area (Å²) in [5.41, 5.74) is 3.04. The Bertz CT molecular complexity index is 957. The maximum absolute atomic E-state index is 13.5. The summed E-state index contributed by atoms with van der Waals surface area (Å²) in [4.78, 5) is 14.9. The van der Waals surface area contributed by atoms with E-state index >= 15 is 0 Å². The fourth-order valence-electron chi connectivity index (χ4n) is 2.98. The van der Waals surface area contributed by atoms with E-state index in [1.807, 2.05) is 43.3 Å².